The highest BCUT2D eigenvalue weighted by Gasteiger charge is 2.25. The fraction of sp³-hybridized carbons (Fsp3) is 0.571. The van der Waals surface area contributed by atoms with Crippen molar-refractivity contribution in [1.29, 1.82) is 0 Å². The van der Waals surface area contributed by atoms with Crippen molar-refractivity contribution in [3.8, 4) is 17.4 Å². The first-order valence-corrected chi connectivity index (χ1v) is 6.82. The van der Waals surface area contributed by atoms with Gasteiger partial charge in [-0.1, -0.05) is 25.9 Å². The van der Waals surface area contributed by atoms with Gasteiger partial charge in [0.15, 0.2) is 0 Å². The van der Waals surface area contributed by atoms with Gasteiger partial charge in [-0.2, -0.15) is 4.98 Å². The summed E-state index contributed by atoms with van der Waals surface area (Å²) in [6, 6.07) is 3.71. The summed E-state index contributed by atoms with van der Waals surface area (Å²) in [6.45, 7) is 6.50. The Morgan fingerprint density at radius 2 is 2.05 bits per heavy atom. The van der Waals surface area contributed by atoms with Gasteiger partial charge in [0.2, 0.25) is 17.6 Å². The Kier molecular flexibility index (Phi) is 4.52. The van der Waals surface area contributed by atoms with Crippen LogP contribution in [0.15, 0.2) is 16.7 Å². The lowest BCUT2D eigenvalue weighted by Gasteiger charge is -2.29. The van der Waals surface area contributed by atoms with Gasteiger partial charge in [-0.25, -0.2) is 0 Å². The summed E-state index contributed by atoms with van der Waals surface area (Å²) in [6.07, 6.45) is 0.663. The molecule has 2 aromatic heterocycles. The fourth-order valence-electron chi connectivity index (χ4n) is 2.01. The maximum absolute atomic E-state index is 5.30. The van der Waals surface area contributed by atoms with Crippen molar-refractivity contribution in [3.05, 3.63) is 18.0 Å². The lowest BCUT2D eigenvalue weighted by Crippen LogP contribution is -2.39. The summed E-state index contributed by atoms with van der Waals surface area (Å²) in [5, 5.41) is 15.1. The molecule has 21 heavy (non-hydrogen) atoms. The van der Waals surface area contributed by atoms with E-state index in [1.807, 2.05) is 7.05 Å². The van der Waals surface area contributed by atoms with E-state index in [1.165, 1.54) is 0 Å². The number of likely N-dealkylation sites (N-methyl/N-ethyl adjacent to an activating group) is 1. The number of nitrogens with one attached hydrogen (secondary N) is 1. The Morgan fingerprint density at radius 1 is 1.29 bits per heavy atom. The first-order chi connectivity index (χ1) is 9.94. The molecule has 2 aromatic rings. The molecule has 0 saturated heterocycles. The molecule has 0 bridgehead atoms. The molecule has 0 aromatic carbocycles. The average molecular weight is 291 g/mol. The molecule has 0 saturated carbocycles. The molecule has 1 unspecified atom stereocenters. The number of aromatic nitrogens is 4. The van der Waals surface area contributed by atoms with E-state index in [0.717, 1.165) is 0 Å². The second-order valence-corrected chi connectivity index (χ2v) is 5.88. The first kappa shape index (κ1) is 15.4. The summed E-state index contributed by atoms with van der Waals surface area (Å²) < 4.78 is 10.3. The topological polar surface area (TPSA) is 86.0 Å². The van der Waals surface area contributed by atoms with Gasteiger partial charge in [-0.15, -0.1) is 10.2 Å². The van der Waals surface area contributed by atoms with Crippen molar-refractivity contribution in [2.75, 3.05) is 14.2 Å². The smallest absolute Gasteiger partial charge is 0.233 e. The maximum atomic E-state index is 5.30. The predicted octanol–water partition coefficient (Wildman–Crippen LogP) is 1.71. The molecule has 7 nitrogen and oxygen atoms in total. The molecule has 0 spiro atoms. The third-order valence-corrected chi connectivity index (χ3v) is 3.32. The Hall–Kier alpha value is -2.02. The number of hydrogen-bond donors (Lipinski definition) is 1. The van der Waals surface area contributed by atoms with Crippen LogP contribution in [0.1, 0.15) is 26.7 Å². The molecular formula is C14H21N5O2. The van der Waals surface area contributed by atoms with E-state index >= 15 is 0 Å². The molecule has 0 amide bonds. The molecule has 0 aliphatic heterocycles. The molecular weight excluding hydrogens is 270 g/mol. The highest BCUT2D eigenvalue weighted by atomic mass is 16.5. The summed E-state index contributed by atoms with van der Waals surface area (Å²) >= 11 is 0. The van der Waals surface area contributed by atoms with Crippen molar-refractivity contribution < 1.29 is 9.26 Å². The summed E-state index contributed by atoms with van der Waals surface area (Å²) in [5.74, 6) is 1.46. The Balaban J connectivity index is 2.13. The largest absolute Gasteiger partial charge is 0.480 e. The summed E-state index contributed by atoms with van der Waals surface area (Å²) in [4.78, 5) is 4.38. The molecule has 0 radical (unpaired) electrons. The van der Waals surface area contributed by atoms with E-state index in [1.54, 1.807) is 19.2 Å². The third kappa shape index (κ3) is 3.75. The minimum atomic E-state index is 0.100. The van der Waals surface area contributed by atoms with E-state index in [9.17, 15) is 0 Å². The number of nitrogens with zero attached hydrogens (tertiary/aromatic N) is 4. The quantitative estimate of drug-likeness (QED) is 0.897. The summed E-state index contributed by atoms with van der Waals surface area (Å²) in [5.41, 5.74) is 0.658. The highest BCUT2D eigenvalue weighted by molar-refractivity contribution is 5.47. The zero-order valence-corrected chi connectivity index (χ0v) is 13.0. The normalized spacial score (nSPS) is 13.2. The highest BCUT2D eigenvalue weighted by Crippen LogP contribution is 2.22. The lowest BCUT2D eigenvalue weighted by molar-refractivity contribution is 0.255. The molecule has 7 heteroatoms. The minimum absolute atomic E-state index is 0.100. The van der Waals surface area contributed by atoms with Gasteiger partial charge in [0.25, 0.3) is 0 Å². The van der Waals surface area contributed by atoms with Crippen molar-refractivity contribution >= 4 is 0 Å². The van der Waals surface area contributed by atoms with Crippen LogP contribution in [0, 0.1) is 5.41 Å². The third-order valence-electron chi connectivity index (χ3n) is 3.32. The van der Waals surface area contributed by atoms with E-state index in [2.05, 4.69) is 46.4 Å². The number of rotatable bonds is 5. The monoisotopic (exact) mass is 291 g/mol. The van der Waals surface area contributed by atoms with Crippen LogP contribution in [0.2, 0.25) is 0 Å². The van der Waals surface area contributed by atoms with Gasteiger partial charge < -0.3 is 14.6 Å². The minimum Gasteiger partial charge on any atom is -0.480 e. The zero-order chi connectivity index (χ0) is 15.5. The average Bonchev–Trinajstić information content (AvgIpc) is 2.92. The van der Waals surface area contributed by atoms with Crippen molar-refractivity contribution in [3.63, 3.8) is 0 Å². The van der Waals surface area contributed by atoms with Crippen LogP contribution in [-0.2, 0) is 6.42 Å². The van der Waals surface area contributed by atoms with Crippen LogP contribution in [0.25, 0.3) is 11.5 Å². The zero-order valence-electron chi connectivity index (χ0n) is 13.0. The van der Waals surface area contributed by atoms with Crippen molar-refractivity contribution in [2.24, 2.45) is 5.41 Å². The van der Waals surface area contributed by atoms with Gasteiger partial charge in [0, 0.05) is 18.5 Å². The van der Waals surface area contributed by atoms with Crippen LogP contribution >= 0.6 is 0 Å². The summed E-state index contributed by atoms with van der Waals surface area (Å²) in [7, 11) is 3.47. The number of methoxy groups -OCH3 is 1. The van der Waals surface area contributed by atoms with Gasteiger partial charge in [-0.05, 0) is 18.5 Å². The van der Waals surface area contributed by atoms with Gasteiger partial charge in [-0.3, -0.25) is 0 Å². The Labute approximate surface area is 124 Å². The molecule has 1 atom stereocenters. The molecule has 0 aliphatic carbocycles. The van der Waals surface area contributed by atoms with Crippen molar-refractivity contribution in [2.45, 2.75) is 33.2 Å². The van der Waals surface area contributed by atoms with Crippen LogP contribution < -0.4 is 10.1 Å². The molecule has 114 valence electrons. The van der Waals surface area contributed by atoms with Gasteiger partial charge in [0.05, 0.1) is 7.11 Å². The SMILES string of the molecule is CNC(Cc1nc(-c2ccc(OC)nn2)no1)C(C)(C)C. The van der Waals surface area contributed by atoms with Crippen LogP contribution in [0.4, 0.5) is 0 Å². The van der Waals surface area contributed by atoms with E-state index < -0.39 is 0 Å². The second-order valence-electron chi connectivity index (χ2n) is 5.88. The molecule has 0 fully saturated rings. The van der Waals surface area contributed by atoms with Crippen LogP contribution in [0.3, 0.4) is 0 Å². The Morgan fingerprint density at radius 3 is 2.57 bits per heavy atom. The van der Waals surface area contributed by atoms with E-state index in [4.69, 9.17) is 9.26 Å². The maximum Gasteiger partial charge on any atom is 0.233 e. The number of hydrogen-bond acceptors (Lipinski definition) is 7. The Bertz CT molecular complexity index is 574. The first-order valence-electron chi connectivity index (χ1n) is 6.82. The standard InChI is InChI=1S/C14H21N5O2/c1-14(2,3)10(15-4)8-12-16-13(19-21-12)9-6-7-11(20-5)18-17-9/h6-7,10,15H,8H2,1-5H3. The molecule has 2 heterocycles. The lowest BCUT2D eigenvalue weighted by atomic mass is 9.85. The fourth-order valence-corrected chi connectivity index (χ4v) is 2.01. The van der Waals surface area contributed by atoms with Gasteiger partial charge in [0.1, 0.15) is 5.69 Å². The molecule has 1 N–H and O–H groups in total. The van der Waals surface area contributed by atoms with Gasteiger partial charge >= 0.3 is 0 Å². The number of ether oxygens (including phenoxy) is 1. The molecule has 2 rings (SSSR count). The predicted molar refractivity (Wildman–Crippen MR) is 77.9 cm³/mol. The van der Waals surface area contributed by atoms with E-state index in [0.29, 0.717) is 29.7 Å². The second kappa shape index (κ2) is 6.17. The molecule has 0 aliphatic rings. The van der Waals surface area contributed by atoms with E-state index in [-0.39, 0.29) is 11.5 Å². The van der Waals surface area contributed by atoms with Crippen LogP contribution in [-0.4, -0.2) is 40.5 Å². The van der Waals surface area contributed by atoms with Crippen LogP contribution in [0.5, 0.6) is 5.88 Å². The van der Waals surface area contributed by atoms with Crippen molar-refractivity contribution in [1.82, 2.24) is 25.7 Å².